The fraction of sp³-hybridized carbons (Fsp3) is 0.500. The number of aromatic carboxylic acids is 1. The van der Waals surface area contributed by atoms with Gasteiger partial charge in [-0.05, 0) is 30.9 Å². The van der Waals surface area contributed by atoms with Gasteiger partial charge in [-0.15, -0.1) is 0 Å². The smallest absolute Gasteiger partial charge is 0.342 e. The SMILES string of the molecule is CCC1CCN(c2cccc(C(=O)O)c2[N+](=O)[O-])CC1. The lowest BCUT2D eigenvalue weighted by molar-refractivity contribution is -0.384. The predicted molar refractivity (Wildman–Crippen MR) is 75.3 cm³/mol. The van der Waals surface area contributed by atoms with Crippen LogP contribution in [0.2, 0.25) is 0 Å². The van der Waals surface area contributed by atoms with Gasteiger partial charge in [0.1, 0.15) is 11.3 Å². The summed E-state index contributed by atoms with van der Waals surface area (Å²) in [6.07, 6.45) is 3.10. The number of nitro benzene ring substituents is 1. The van der Waals surface area contributed by atoms with Gasteiger partial charge in [-0.1, -0.05) is 19.4 Å². The molecule has 6 nitrogen and oxygen atoms in total. The first kappa shape index (κ1) is 14.3. The number of nitro groups is 1. The minimum Gasteiger partial charge on any atom is -0.477 e. The standard InChI is InChI=1S/C14H18N2O4/c1-2-10-6-8-15(9-7-10)12-5-3-4-11(14(17)18)13(12)16(19)20/h3-5,10H,2,6-9H2,1H3,(H,17,18). The summed E-state index contributed by atoms with van der Waals surface area (Å²) in [7, 11) is 0. The van der Waals surface area contributed by atoms with Crippen molar-refractivity contribution in [1.82, 2.24) is 0 Å². The Hall–Kier alpha value is -2.11. The molecule has 0 radical (unpaired) electrons. The van der Waals surface area contributed by atoms with Crippen molar-refractivity contribution in [1.29, 1.82) is 0 Å². The summed E-state index contributed by atoms with van der Waals surface area (Å²) < 4.78 is 0. The number of piperidine rings is 1. The van der Waals surface area contributed by atoms with E-state index in [0.717, 1.165) is 32.4 Å². The van der Waals surface area contributed by atoms with Crippen LogP contribution in [0.3, 0.4) is 0 Å². The highest BCUT2D eigenvalue weighted by molar-refractivity contribution is 5.95. The molecule has 0 aliphatic carbocycles. The molecule has 1 N–H and O–H groups in total. The Morgan fingerprint density at radius 3 is 2.60 bits per heavy atom. The molecular weight excluding hydrogens is 260 g/mol. The van der Waals surface area contributed by atoms with Gasteiger partial charge in [0.2, 0.25) is 0 Å². The van der Waals surface area contributed by atoms with Crippen molar-refractivity contribution >= 4 is 17.3 Å². The summed E-state index contributed by atoms with van der Waals surface area (Å²) >= 11 is 0. The van der Waals surface area contributed by atoms with E-state index in [9.17, 15) is 14.9 Å². The summed E-state index contributed by atoms with van der Waals surface area (Å²) in [6, 6.07) is 4.48. The maximum Gasteiger partial charge on any atom is 0.342 e. The quantitative estimate of drug-likeness (QED) is 0.676. The predicted octanol–water partition coefficient (Wildman–Crippen LogP) is 2.92. The number of anilines is 1. The Morgan fingerprint density at radius 1 is 1.45 bits per heavy atom. The third-order valence-corrected chi connectivity index (χ3v) is 3.96. The zero-order valence-corrected chi connectivity index (χ0v) is 11.4. The van der Waals surface area contributed by atoms with Crippen molar-refractivity contribution in [2.45, 2.75) is 26.2 Å². The van der Waals surface area contributed by atoms with Crippen LogP contribution in [0.1, 0.15) is 36.5 Å². The van der Waals surface area contributed by atoms with Gasteiger partial charge in [0, 0.05) is 13.1 Å². The summed E-state index contributed by atoms with van der Waals surface area (Å²) in [5.74, 6) is -0.602. The highest BCUT2D eigenvalue weighted by Crippen LogP contribution is 2.34. The molecule has 20 heavy (non-hydrogen) atoms. The van der Waals surface area contributed by atoms with Crippen molar-refractivity contribution in [3.8, 4) is 0 Å². The number of rotatable bonds is 4. The fourth-order valence-corrected chi connectivity index (χ4v) is 2.73. The summed E-state index contributed by atoms with van der Waals surface area (Å²) in [5.41, 5.74) is -0.121. The zero-order valence-electron chi connectivity index (χ0n) is 11.4. The number of hydrogen-bond donors (Lipinski definition) is 1. The Kier molecular flexibility index (Phi) is 4.22. The molecule has 0 saturated carbocycles. The van der Waals surface area contributed by atoms with Crippen LogP contribution in [0.4, 0.5) is 11.4 Å². The maximum absolute atomic E-state index is 11.2. The van der Waals surface area contributed by atoms with Crippen molar-refractivity contribution in [2.75, 3.05) is 18.0 Å². The molecule has 0 unspecified atom stereocenters. The van der Waals surface area contributed by atoms with Crippen LogP contribution in [0.25, 0.3) is 0 Å². The van der Waals surface area contributed by atoms with Gasteiger partial charge in [0.05, 0.1) is 4.92 Å². The molecule has 0 amide bonds. The van der Waals surface area contributed by atoms with Crippen molar-refractivity contribution in [2.24, 2.45) is 5.92 Å². The van der Waals surface area contributed by atoms with Gasteiger partial charge in [0.15, 0.2) is 0 Å². The van der Waals surface area contributed by atoms with Crippen molar-refractivity contribution < 1.29 is 14.8 Å². The second-order valence-electron chi connectivity index (χ2n) is 5.07. The minimum absolute atomic E-state index is 0.245. The first-order valence-corrected chi connectivity index (χ1v) is 6.80. The lowest BCUT2D eigenvalue weighted by atomic mass is 9.94. The molecule has 1 aromatic carbocycles. The number of nitrogens with zero attached hydrogens (tertiary/aromatic N) is 2. The number of para-hydroxylation sites is 1. The van der Waals surface area contributed by atoms with E-state index < -0.39 is 10.9 Å². The van der Waals surface area contributed by atoms with E-state index in [4.69, 9.17) is 5.11 Å². The topological polar surface area (TPSA) is 83.7 Å². The summed E-state index contributed by atoms with van der Waals surface area (Å²) in [5, 5.41) is 20.3. The number of carbonyl (C=O) groups is 1. The van der Waals surface area contributed by atoms with E-state index in [1.165, 1.54) is 6.07 Å². The van der Waals surface area contributed by atoms with E-state index in [1.54, 1.807) is 12.1 Å². The molecule has 108 valence electrons. The van der Waals surface area contributed by atoms with E-state index >= 15 is 0 Å². The number of carboxylic acids is 1. The first-order valence-electron chi connectivity index (χ1n) is 6.80. The minimum atomic E-state index is -1.26. The van der Waals surface area contributed by atoms with Crippen LogP contribution in [-0.4, -0.2) is 29.1 Å². The van der Waals surface area contributed by atoms with Gasteiger partial charge in [-0.3, -0.25) is 10.1 Å². The van der Waals surface area contributed by atoms with E-state index in [2.05, 4.69) is 6.92 Å². The number of carboxylic acid groups (broad SMARTS) is 1. The zero-order chi connectivity index (χ0) is 14.7. The Labute approximate surface area is 117 Å². The molecule has 0 atom stereocenters. The molecule has 1 aliphatic heterocycles. The molecule has 0 spiro atoms. The molecule has 0 aromatic heterocycles. The second kappa shape index (κ2) is 5.90. The van der Waals surface area contributed by atoms with Crippen LogP contribution < -0.4 is 4.90 Å². The second-order valence-corrected chi connectivity index (χ2v) is 5.07. The van der Waals surface area contributed by atoms with Gasteiger partial charge >= 0.3 is 11.7 Å². The van der Waals surface area contributed by atoms with Crippen LogP contribution in [-0.2, 0) is 0 Å². The van der Waals surface area contributed by atoms with Crippen LogP contribution >= 0.6 is 0 Å². The first-order chi connectivity index (χ1) is 9.54. The van der Waals surface area contributed by atoms with E-state index in [-0.39, 0.29) is 11.3 Å². The highest BCUT2D eigenvalue weighted by Gasteiger charge is 2.29. The molecular formula is C14H18N2O4. The molecule has 0 bridgehead atoms. The van der Waals surface area contributed by atoms with Crippen molar-refractivity contribution in [3.05, 3.63) is 33.9 Å². The maximum atomic E-state index is 11.2. The van der Waals surface area contributed by atoms with Gasteiger partial charge in [0.25, 0.3) is 0 Å². The molecule has 1 heterocycles. The Balaban J connectivity index is 2.35. The highest BCUT2D eigenvalue weighted by atomic mass is 16.6. The van der Waals surface area contributed by atoms with Gasteiger partial charge in [-0.25, -0.2) is 4.79 Å². The molecule has 6 heteroatoms. The average Bonchev–Trinajstić information content (AvgIpc) is 2.46. The van der Waals surface area contributed by atoms with Gasteiger partial charge in [-0.2, -0.15) is 0 Å². The van der Waals surface area contributed by atoms with Gasteiger partial charge < -0.3 is 10.0 Å². The number of benzene rings is 1. The monoisotopic (exact) mass is 278 g/mol. The average molecular weight is 278 g/mol. The summed E-state index contributed by atoms with van der Waals surface area (Å²) in [6.45, 7) is 3.62. The number of hydrogen-bond acceptors (Lipinski definition) is 4. The van der Waals surface area contributed by atoms with Crippen LogP contribution in [0, 0.1) is 16.0 Å². The Morgan fingerprint density at radius 2 is 2.10 bits per heavy atom. The van der Waals surface area contributed by atoms with E-state index in [0.29, 0.717) is 11.6 Å². The molecule has 2 rings (SSSR count). The Bertz CT molecular complexity index is 522. The lowest BCUT2D eigenvalue weighted by Gasteiger charge is -2.33. The molecule has 1 aromatic rings. The molecule has 1 aliphatic rings. The molecule has 1 fully saturated rings. The normalized spacial score (nSPS) is 16.1. The molecule has 1 saturated heterocycles. The van der Waals surface area contributed by atoms with Crippen LogP contribution in [0.15, 0.2) is 18.2 Å². The van der Waals surface area contributed by atoms with Crippen molar-refractivity contribution in [3.63, 3.8) is 0 Å². The van der Waals surface area contributed by atoms with Crippen LogP contribution in [0.5, 0.6) is 0 Å². The fourth-order valence-electron chi connectivity index (χ4n) is 2.73. The summed E-state index contributed by atoms with van der Waals surface area (Å²) in [4.78, 5) is 23.7. The third kappa shape index (κ3) is 2.74. The lowest BCUT2D eigenvalue weighted by Crippen LogP contribution is -2.34. The third-order valence-electron chi connectivity index (χ3n) is 3.96. The van der Waals surface area contributed by atoms with E-state index in [1.807, 2.05) is 4.90 Å². The largest absolute Gasteiger partial charge is 0.477 e.